The van der Waals surface area contributed by atoms with Gasteiger partial charge in [0, 0.05) is 28.6 Å². The maximum absolute atomic E-state index is 14.5. The maximum atomic E-state index is 14.5. The number of hydrogen-bond donors (Lipinski definition) is 3. The van der Waals surface area contributed by atoms with Gasteiger partial charge in [-0.2, -0.15) is 0 Å². The van der Waals surface area contributed by atoms with E-state index < -0.39 is 86.7 Å². The van der Waals surface area contributed by atoms with E-state index in [1.807, 2.05) is 0 Å². The number of nitrogens with one attached hydrogen (secondary N) is 3. The maximum Gasteiger partial charge on any atom is 0.410 e. The molecule has 0 aromatic heterocycles. The molecule has 5 atom stereocenters. The third kappa shape index (κ3) is 10.3. The van der Waals surface area contributed by atoms with Gasteiger partial charge in [0.25, 0.3) is 5.91 Å². The van der Waals surface area contributed by atoms with E-state index in [2.05, 4.69) is 15.4 Å². The molecule has 3 N–H and O–H groups in total. The number of rotatable bonds is 6. The van der Waals surface area contributed by atoms with E-state index in [-0.39, 0.29) is 54.5 Å². The Morgan fingerprint density at radius 2 is 1.74 bits per heavy atom. The Labute approximate surface area is 341 Å². The van der Waals surface area contributed by atoms with Crippen LogP contribution < -0.4 is 15.4 Å². The standard InChI is InChI=1S/C39H48Cl2FN5O9S/c1-38(2,3)56-36(51)43-31-13-8-6-4-5-7-11-25-18-39(25,35(50)45-57(53,54)22-24-16-26(40)14-15-29(24)41)44-33(48)32-17-27(20-47(32)34(31)49)55-37(52)46-19-23-10-9-12-30(42)28(23)21-46/h9-10,12,14-16,25,27,31-32H,4-8,11,13,17-22H2,1-3H3,(H,43,51)(H,44,48)(H,45,50)/t25-,27+,31-,32-,39+/m0/s1. The molecule has 2 aromatic rings. The van der Waals surface area contributed by atoms with Gasteiger partial charge in [0.1, 0.15) is 35.1 Å². The van der Waals surface area contributed by atoms with E-state index in [4.69, 9.17) is 32.7 Å². The van der Waals surface area contributed by atoms with E-state index in [9.17, 15) is 36.8 Å². The Morgan fingerprint density at radius 3 is 2.46 bits per heavy atom. The minimum Gasteiger partial charge on any atom is -0.444 e. The first-order chi connectivity index (χ1) is 26.8. The first-order valence-electron chi connectivity index (χ1n) is 19.2. The van der Waals surface area contributed by atoms with Crippen LogP contribution in [0.2, 0.25) is 10.0 Å². The molecule has 3 fully saturated rings. The summed E-state index contributed by atoms with van der Waals surface area (Å²) in [5.41, 5.74) is -1.27. The summed E-state index contributed by atoms with van der Waals surface area (Å²) in [7, 11) is -4.32. The molecule has 2 aromatic carbocycles. The second-order valence-corrected chi connectivity index (χ2v) is 18.9. The lowest BCUT2D eigenvalue weighted by atomic mass is 10.0. The fourth-order valence-corrected chi connectivity index (χ4v) is 9.52. The topological polar surface area (TPSA) is 181 Å². The minimum absolute atomic E-state index is 0.0204. The van der Waals surface area contributed by atoms with Gasteiger partial charge in [-0.3, -0.25) is 24.0 Å². The average molecular weight is 853 g/mol. The van der Waals surface area contributed by atoms with Crippen LogP contribution in [0, 0.1) is 11.7 Å². The van der Waals surface area contributed by atoms with Gasteiger partial charge in [-0.05, 0) is 81.3 Å². The van der Waals surface area contributed by atoms with Crippen LogP contribution >= 0.6 is 23.2 Å². The van der Waals surface area contributed by atoms with Crippen molar-refractivity contribution in [1.29, 1.82) is 0 Å². The van der Waals surface area contributed by atoms with Gasteiger partial charge >= 0.3 is 12.2 Å². The van der Waals surface area contributed by atoms with Crippen LogP contribution in [0.15, 0.2) is 36.4 Å². The van der Waals surface area contributed by atoms with Crippen molar-refractivity contribution in [3.8, 4) is 0 Å². The molecule has 5 amide bonds. The molecule has 0 radical (unpaired) electrons. The first-order valence-corrected chi connectivity index (χ1v) is 21.6. The highest BCUT2D eigenvalue weighted by Gasteiger charge is 2.62. The molecular formula is C39H48Cl2FN5O9S. The lowest BCUT2D eigenvalue weighted by Crippen LogP contribution is -2.58. The molecule has 310 valence electrons. The van der Waals surface area contributed by atoms with Gasteiger partial charge < -0.3 is 25.0 Å². The Hall–Kier alpha value is -4.15. The zero-order valence-electron chi connectivity index (χ0n) is 32.1. The number of fused-ring (bicyclic) bond motifs is 3. The Balaban J connectivity index is 1.25. The Morgan fingerprint density at radius 1 is 1.02 bits per heavy atom. The van der Waals surface area contributed by atoms with Crippen molar-refractivity contribution in [2.75, 3.05) is 6.54 Å². The molecule has 2 saturated heterocycles. The molecule has 0 spiro atoms. The van der Waals surface area contributed by atoms with Gasteiger partial charge in [0.15, 0.2) is 0 Å². The van der Waals surface area contributed by atoms with Crippen LogP contribution in [-0.2, 0) is 52.7 Å². The quantitative estimate of drug-likeness (QED) is 0.328. The summed E-state index contributed by atoms with van der Waals surface area (Å²) in [5, 5.41) is 5.88. The van der Waals surface area contributed by atoms with Crippen LogP contribution in [0.3, 0.4) is 0 Å². The summed E-state index contributed by atoms with van der Waals surface area (Å²) in [4.78, 5) is 71.7. The van der Waals surface area contributed by atoms with E-state index in [0.717, 1.165) is 19.3 Å². The second-order valence-electron chi connectivity index (χ2n) is 16.3. The molecule has 0 unspecified atom stereocenters. The number of hydrogen-bond acceptors (Lipinski definition) is 9. The van der Waals surface area contributed by atoms with E-state index in [1.165, 1.54) is 34.1 Å². The van der Waals surface area contributed by atoms with Gasteiger partial charge in [-0.25, -0.2) is 22.4 Å². The van der Waals surface area contributed by atoms with Gasteiger partial charge in [0.2, 0.25) is 21.8 Å². The molecule has 4 aliphatic rings. The molecule has 1 aliphatic carbocycles. The number of nitrogens with zero attached hydrogens (tertiary/aromatic N) is 2. The first kappa shape index (κ1) is 42.5. The number of amides is 5. The zero-order valence-corrected chi connectivity index (χ0v) is 34.4. The van der Waals surface area contributed by atoms with E-state index in [0.29, 0.717) is 30.4 Å². The van der Waals surface area contributed by atoms with Crippen molar-refractivity contribution in [3.05, 3.63) is 69.0 Å². The molecular weight excluding hydrogens is 804 g/mol. The molecule has 3 aliphatic heterocycles. The largest absolute Gasteiger partial charge is 0.444 e. The lowest BCUT2D eigenvalue weighted by Gasteiger charge is -2.30. The minimum atomic E-state index is -4.32. The average Bonchev–Trinajstić information content (AvgIpc) is 3.40. The van der Waals surface area contributed by atoms with Crippen LogP contribution in [0.5, 0.6) is 0 Å². The normalized spacial score (nSPS) is 25.5. The SMILES string of the molecule is CC(C)(C)OC(=O)N[C@H]1CCCCCCC[C@H]2C[C@@]2(C(=O)NS(=O)(=O)Cc2cc(Cl)ccc2Cl)NC(=O)[C@@H]2C[C@@H](OC(=O)N3Cc4cccc(F)c4C3)CN2C1=O. The van der Waals surface area contributed by atoms with Crippen LogP contribution in [0.4, 0.5) is 14.0 Å². The fraction of sp³-hybridized carbons (Fsp3) is 0.564. The van der Waals surface area contributed by atoms with Crippen molar-refractivity contribution in [3.63, 3.8) is 0 Å². The second kappa shape index (κ2) is 17.0. The number of carbonyl (C=O) groups excluding carboxylic acids is 5. The molecule has 0 bridgehead atoms. The number of sulfonamides is 1. The number of alkyl carbamates (subject to hydrolysis) is 1. The monoisotopic (exact) mass is 851 g/mol. The zero-order chi connectivity index (χ0) is 41.3. The Kier molecular flexibility index (Phi) is 12.6. The Bertz CT molecular complexity index is 2030. The summed E-state index contributed by atoms with van der Waals surface area (Å²) >= 11 is 12.3. The van der Waals surface area contributed by atoms with Crippen LogP contribution in [-0.4, -0.2) is 84.0 Å². The summed E-state index contributed by atoms with van der Waals surface area (Å²) in [6.45, 7) is 4.93. The third-order valence-electron chi connectivity index (χ3n) is 10.8. The summed E-state index contributed by atoms with van der Waals surface area (Å²) in [5.74, 6) is -3.78. The summed E-state index contributed by atoms with van der Waals surface area (Å²) < 4.78 is 54.5. The highest BCUT2D eigenvalue weighted by molar-refractivity contribution is 7.89. The highest BCUT2D eigenvalue weighted by atomic mass is 35.5. The van der Waals surface area contributed by atoms with Crippen molar-refractivity contribution >= 4 is 63.1 Å². The van der Waals surface area contributed by atoms with Crippen LogP contribution in [0.1, 0.15) is 95.2 Å². The smallest absolute Gasteiger partial charge is 0.410 e. The fourth-order valence-electron chi connectivity index (χ4n) is 7.88. The van der Waals surface area contributed by atoms with E-state index in [1.54, 1.807) is 32.9 Å². The summed E-state index contributed by atoms with van der Waals surface area (Å²) in [6.07, 6.45) is 1.81. The molecule has 1 saturated carbocycles. The van der Waals surface area contributed by atoms with Crippen molar-refractivity contribution in [1.82, 2.24) is 25.2 Å². The number of benzene rings is 2. The van der Waals surface area contributed by atoms with Crippen molar-refractivity contribution < 1.29 is 46.3 Å². The molecule has 14 nitrogen and oxygen atoms in total. The number of ether oxygens (including phenoxy) is 2. The van der Waals surface area contributed by atoms with Crippen molar-refractivity contribution in [2.45, 2.75) is 127 Å². The highest BCUT2D eigenvalue weighted by Crippen LogP contribution is 2.48. The number of halogens is 3. The number of carbonyl (C=O) groups is 5. The van der Waals surface area contributed by atoms with Gasteiger partial charge in [-0.1, -0.05) is 67.4 Å². The van der Waals surface area contributed by atoms with E-state index >= 15 is 0 Å². The predicted octanol–water partition coefficient (Wildman–Crippen LogP) is 5.71. The predicted molar refractivity (Wildman–Crippen MR) is 208 cm³/mol. The molecule has 6 rings (SSSR count). The summed E-state index contributed by atoms with van der Waals surface area (Å²) in [6, 6.07) is 6.55. The lowest BCUT2D eigenvalue weighted by molar-refractivity contribution is -0.141. The van der Waals surface area contributed by atoms with Crippen molar-refractivity contribution in [2.24, 2.45) is 5.92 Å². The van der Waals surface area contributed by atoms with Gasteiger partial charge in [-0.15, -0.1) is 0 Å². The molecule has 3 heterocycles. The molecule has 18 heteroatoms. The third-order valence-corrected chi connectivity index (χ3v) is 12.6. The molecule has 57 heavy (non-hydrogen) atoms. The van der Waals surface area contributed by atoms with Gasteiger partial charge in [0.05, 0.1) is 18.8 Å². The van der Waals surface area contributed by atoms with Crippen LogP contribution in [0.25, 0.3) is 0 Å².